The Bertz CT molecular complexity index is 141. The lowest BCUT2D eigenvalue weighted by Crippen LogP contribution is -2.32. The second kappa shape index (κ2) is 5.41. The molecule has 0 bridgehead atoms. The molecule has 0 aliphatic heterocycles. The van der Waals surface area contributed by atoms with Crippen LogP contribution >= 0.6 is 0 Å². The fourth-order valence-corrected chi connectivity index (χ4v) is 2.13. The first-order chi connectivity index (χ1) is 4.63. The third-order valence-corrected chi connectivity index (χ3v) is 4.13. The minimum atomic E-state index is -0.298. The summed E-state index contributed by atoms with van der Waals surface area (Å²) in [5, 5.41) is 0.389. The first kappa shape index (κ1) is 10.8. The molecule has 0 rings (SSSR count). The van der Waals surface area contributed by atoms with E-state index in [0.29, 0.717) is 5.37 Å². The molecule has 0 aliphatic rings. The standard InChI is InChI=1S/C6H14NS3/c1-4-7(5-2)6(3)10(8)9/h6H,4-5H2,1-3H3/q-1. The summed E-state index contributed by atoms with van der Waals surface area (Å²) in [7, 11) is -0.298. The highest BCUT2D eigenvalue weighted by Gasteiger charge is 1.99. The van der Waals surface area contributed by atoms with E-state index in [0.717, 1.165) is 13.1 Å². The van der Waals surface area contributed by atoms with Crippen molar-refractivity contribution in [2.45, 2.75) is 26.1 Å². The molecule has 0 fully saturated rings. The quantitative estimate of drug-likeness (QED) is 0.622. The van der Waals surface area contributed by atoms with Crippen LogP contribution in [-0.2, 0) is 30.4 Å². The number of nitrogens with zero attached hydrogens (tertiary/aromatic N) is 1. The van der Waals surface area contributed by atoms with Gasteiger partial charge in [0, 0.05) is 0 Å². The number of rotatable bonds is 4. The highest BCUT2D eigenvalue weighted by Crippen LogP contribution is 1.97. The highest BCUT2D eigenvalue weighted by molar-refractivity contribution is 8.46. The van der Waals surface area contributed by atoms with Gasteiger partial charge < -0.3 is 12.9 Å². The van der Waals surface area contributed by atoms with Crippen LogP contribution in [0.2, 0.25) is 0 Å². The molecule has 4 heteroatoms. The lowest BCUT2D eigenvalue weighted by molar-refractivity contribution is 0.297. The summed E-state index contributed by atoms with van der Waals surface area (Å²) in [6, 6.07) is 0. The molecule has 1 nitrogen and oxygen atoms in total. The van der Waals surface area contributed by atoms with Crippen LogP contribution in [0.15, 0.2) is 0 Å². The molecule has 0 N–H and O–H groups in total. The minimum absolute atomic E-state index is 0.298. The van der Waals surface area contributed by atoms with Crippen LogP contribution < -0.4 is 0 Å². The topological polar surface area (TPSA) is 3.24 Å². The van der Waals surface area contributed by atoms with Gasteiger partial charge in [-0.05, 0) is 13.1 Å². The third kappa shape index (κ3) is 3.23. The molecular weight excluding hydrogens is 182 g/mol. The molecule has 0 saturated heterocycles. The second-order valence-electron chi connectivity index (χ2n) is 2.08. The van der Waals surface area contributed by atoms with Crippen molar-refractivity contribution in [1.29, 1.82) is 0 Å². The Morgan fingerprint density at radius 3 is 1.80 bits per heavy atom. The van der Waals surface area contributed by atoms with E-state index >= 15 is 0 Å². The van der Waals surface area contributed by atoms with E-state index in [1.807, 2.05) is 0 Å². The molecule has 62 valence electrons. The van der Waals surface area contributed by atoms with E-state index < -0.39 is 0 Å². The monoisotopic (exact) mass is 196 g/mol. The molecule has 0 spiro atoms. The van der Waals surface area contributed by atoms with Gasteiger partial charge in [0.25, 0.3) is 0 Å². The molecule has 0 amide bonds. The zero-order valence-electron chi connectivity index (χ0n) is 6.66. The lowest BCUT2D eigenvalue weighted by atomic mass is 10.5. The Kier molecular flexibility index (Phi) is 5.81. The van der Waals surface area contributed by atoms with Crippen LogP contribution in [0.25, 0.3) is 0 Å². The fraction of sp³-hybridized carbons (Fsp3) is 1.00. The van der Waals surface area contributed by atoms with Crippen molar-refractivity contribution in [3.05, 3.63) is 0 Å². The van der Waals surface area contributed by atoms with Crippen molar-refractivity contribution in [3.8, 4) is 0 Å². The summed E-state index contributed by atoms with van der Waals surface area (Å²) >= 11 is 10.0. The third-order valence-electron chi connectivity index (χ3n) is 1.61. The van der Waals surface area contributed by atoms with Crippen LogP contribution in [0.3, 0.4) is 0 Å². The summed E-state index contributed by atoms with van der Waals surface area (Å²) in [4.78, 5) is 2.29. The molecule has 0 heterocycles. The van der Waals surface area contributed by atoms with Crippen molar-refractivity contribution in [2.75, 3.05) is 13.1 Å². The van der Waals surface area contributed by atoms with E-state index in [4.69, 9.17) is 22.4 Å². The zero-order chi connectivity index (χ0) is 8.15. The van der Waals surface area contributed by atoms with Gasteiger partial charge in [-0.1, -0.05) is 26.1 Å². The predicted octanol–water partition coefficient (Wildman–Crippen LogP) is 1.22. The molecular formula is C6H14NS3-. The van der Waals surface area contributed by atoms with Crippen LogP contribution in [-0.4, -0.2) is 23.4 Å². The van der Waals surface area contributed by atoms with E-state index in [2.05, 4.69) is 25.7 Å². The smallest absolute Gasteiger partial charge is 0.00641 e. The molecule has 0 radical (unpaired) electrons. The molecule has 0 aromatic rings. The Hall–Kier alpha value is 0.750. The van der Waals surface area contributed by atoms with E-state index in [1.165, 1.54) is 0 Å². The summed E-state index contributed by atoms with van der Waals surface area (Å²) < 4.78 is 0. The summed E-state index contributed by atoms with van der Waals surface area (Å²) in [6.45, 7) is 8.48. The van der Waals surface area contributed by atoms with Gasteiger partial charge in [0.2, 0.25) is 0 Å². The molecule has 1 unspecified atom stereocenters. The van der Waals surface area contributed by atoms with Crippen molar-refractivity contribution in [3.63, 3.8) is 0 Å². The number of hydrogen-bond acceptors (Lipinski definition) is 4. The van der Waals surface area contributed by atoms with Crippen LogP contribution in [0.5, 0.6) is 0 Å². The van der Waals surface area contributed by atoms with Crippen LogP contribution in [0.4, 0.5) is 0 Å². The average Bonchev–Trinajstić information content (AvgIpc) is 1.90. The summed E-state index contributed by atoms with van der Waals surface area (Å²) in [5.41, 5.74) is 0. The maximum atomic E-state index is 5.01. The fourth-order valence-electron chi connectivity index (χ4n) is 0.860. The molecule has 0 aliphatic carbocycles. The zero-order valence-corrected chi connectivity index (χ0v) is 9.11. The molecule has 10 heavy (non-hydrogen) atoms. The first-order valence-electron chi connectivity index (χ1n) is 3.45. The first-order valence-corrected chi connectivity index (χ1v) is 6.59. The van der Waals surface area contributed by atoms with Crippen molar-refractivity contribution >= 4 is 30.4 Å². The van der Waals surface area contributed by atoms with Gasteiger partial charge in [0.05, 0.1) is 0 Å². The largest absolute Gasteiger partial charge is 0.331 e. The highest BCUT2D eigenvalue weighted by atomic mass is 33.1. The minimum Gasteiger partial charge on any atom is -0.331 e. The van der Waals surface area contributed by atoms with Gasteiger partial charge >= 0.3 is 0 Å². The van der Waals surface area contributed by atoms with Crippen LogP contribution in [0, 0.1) is 0 Å². The molecule has 0 aromatic heterocycles. The SMILES string of the molecule is CCN(CC)C(C)[S-](=S)=S. The Balaban J connectivity index is 4.01. The molecule has 1 atom stereocenters. The second-order valence-corrected chi connectivity index (χ2v) is 6.07. The molecule has 0 saturated carbocycles. The Labute approximate surface area is 74.6 Å². The normalized spacial score (nSPS) is 14.5. The van der Waals surface area contributed by atoms with Crippen molar-refractivity contribution < 1.29 is 0 Å². The summed E-state index contributed by atoms with van der Waals surface area (Å²) in [5.74, 6) is 0. The van der Waals surface area contributed by atoms with E-state index in [9.17, 15) is 0 Å². The maximum Gasteiger partial charge on any atom is -0.00641 e. The van der Waals surface area contributed by atoms with Crippen molar-refractivity contribution in [2.24, 2.45) is 0 Å². The number of hydrogen-bond donors (Lipinski definition) is 0. The average molecular weight is 196 g/mol. The van der Waals surface area contributed by atoms with E-state index in [-0.39, 0.29) is 8.01 Å². The van der Waals surface area contributed by atoms with Gasteiger partial charge in [-0.2, -0.15) is 0 Å². The maximum absolute atomic E-state index is 5.01. The van der Waals surface area contributed by atoms with Crippen LogP contribution in [0.1, 0.15) is 20.8 Å². The van der Waals surface area contributed by atoms with Crippen molar-refractivity contribution in [1.82, 2.24) is 4.90 Å². The van der Waals surface area contributed by atoms with E-state index in [1.54, 1.807) is 0 Å². The van der Waals surface area contributed by atoms with Gasteiger partial charge in [-0.25, -0.2) is 0 Å². The Morgan fingerprint density at radius 1 is 1.30 bits per heavy atom. The lowest BCUT2D eigenvalue weighted by Gasteiger charge is -2.30. The molecule has 0 aromatic carbocycles. The summed E-state index contributed by atoms with van der Waals surface area (Å²) in [6.07, 6.45) is 0. The van der Waals surface area contributed by atoms with Gasteiger partial charge in [-0.15, -0.1) is 0 Å². The Morgan fingerprint density at radius 2 is 1.70 bits per heavy atom. The van der Waals surface area contributed by atoms with Gasteiger partial charge in [0.15, 0.2) is 0 Å². The van der Waals surface area contributed by atoms with Gasteiger partial charge in [-0.3, -0.25) is 22.4 Å². The van der Waals surface area contributed by atoms with Gasteiger partial charge in [0.1, 0.15) is 0 Å². The predicted molar refractivity (Wildman–Crippen MR) is 54.5 cm³/mol.